The lowest BCUT2D eigenvalue weighted by Gasteiger charge is -2.56. The number of ether oxygens (including phenoxy) is 2. The van der Waals surface area contributed by atoms with Crippen LogP contribution in [0.25, 0.3) is 0 Å². The third-order valence-corrected chi connectivity index (χ3v) is 9.08. The number of aromatic nitrogens is 2. The van der Waals surface area contributed by atoms with Crippen LogP contribution >= 0.6 is 0 Å². The maximum Gasteiger partial charge on any atom is 0.410 e. The van der Waals surface area contributed by atoms with Gasteiger partial charge in [-0.15, -0.1) is 0 Å². The third-order valence-electron chi connectivity index (χ3n) is 9.08. The highest BCUT2D eigenvalue weighted by Crippen LogP contribution is 2.59. The number of rotatable bonds is 6. The van der Waals surface area contributed by atoms with Crippen LogP contribution in [0.2, 0.25) is 0 Å². The van der Waals surface area contributed by atoms with Crippen molar-refractivity contribution in [1.29, 1.82) is 0 Å². The SMILES string of the molecule is COc1ccc([C@H]2C[C@H](C(F)(F)F)n3ncc(C(=O)NCC45CC6CC(CC(C6)C4)C5)c3N2)cc1OC. The van der Waals surface area contributed by atoms with E-state index in [9.17, 15) is 18.0 Å². The van der Waals surface area contributed by atoms with Gasteiger partial charge in [0.05, 0.1) is 26.5 Å². The molecule has 200 valence electrons. The van der Waals surface area contributed by atoms with Gasteiger partial charge in [-0.1, -0.05) is 6.07 Å². The molecule has 2 aromatic rings. The van der Waals surface area contributed by atoms with E-state index < -0.39 is 18.3 Å². The summed E-state index contributed by atoms with van der Waals surface area (Å²) in [6, 6.07) is 2.51. The minimum atomic E-state index is -4.52. The molecule has 1 aliphatic heterocycles. The summed E-state index contributed by atoms with van der Waals surface area (Å²) in [5, 5.41) is 10.3. The molecule has 0 saturated heterocycles. The number of carbonyl (C=O) groups excluding carboxylic acids is 1. The van der Waals surface area contributed by atoms with Gasteiger partial charge < -0.3 is 20.1 Å². The smallest absolute Gasteiger partial charge is 0.410 e. The van der Waals surface area contributed by atoms with Gasteiger partial charge in [-0.3, -0.25) is 4.79 Å². The second-order valence-electron chi connectivity index (χ2n) is 11.6. The number of hydrogen-bond donors (Lipinski definition) is 2. The van der Waals surface area contributed by atoms with Gasteiger partial charge in [-0.05, 0) is 79.4 Å². The van der Waals surface area contributed by atoms with Crippen molar-refractivity contribution in [3.63, 3.8) is 0 Å². The highest BCUT2D eigenvalue weighted by Gasteiger charge is 2.51. The number of methoxy groups -OCH3 is 2. The summed E-state index contributed by atoms with van der Waals surface area (Å²) >= 11 is 0. The predicted molar refractivity (Wildman–Crippen MR) is 131 cm³/mol. The number of anilines is 1. The maximum atomic E-state index is 14.1. The highest BCUT2D eigenvalue weighted by molar-refractivity contribution is 5.99. The number of halogens is 3. The van der Waals surface area contributed by atoms with Gasteiger partial charge in [0.1, 0.15) is 11.4 Å². The second kappa shape index (κ2) is 8.84. The molecule has 37 heavy (non-hydrogen) atoms. The highest BCUT2D eigenvalue weighted by atomic mass is 19.4. The average molecular weight is 519 g/mol. The van der Waals surface area contributed by atoms with Crippen LogP contribution in [0.4, 0.5) is 19.0 Å². The minimum absolute atomic E-state index is 0.0939. The monoisotopic (exact) mass is 518 g/mol. The average Bonchev–Trinajstić information content (AvgIpc) is 3.29. The summed E-state index contributed by atoms with van der Waals surface area (Å²) in [5.41, 5.74) is 0.880. The summed E-state index contributed by atoms with van der Waals surface area (Å²) < 4.78 is 53.9. The fraction of sp³-hybridized carbons (Fsp3) is 0.630. The van der Waals surface area contributed by atoms with Gasteiger partial charge in [-0.25, -0.2) is 4.68 Å². The molecule has 1 amide bonds. The Morgan fingerprint density at radius 1 is 1.08 bits per heavy atom. The molecule has 0 spiro atoms. The van der Waals surface area contributed by atoms with E-state index in [0.29, 0.717) is 23.6 Å². The normalized spacial score (nSPS) is 32.0. The van der Waals surface area contributed by atoms with Crippen LogP contribution in [-0.4, -0.2) is 42.6 Å². The molecule has 2 heterocycles. The first kappa shape index (κ1) is 24.4. The second-order valence-corrected chi connectivity index (χ2v) is 11.6. The Labute approximate surface area is 214 Å². The molecule has 2 atom stereocenters. The molecule has 4 aliphatic carbocycles. The van der Waals surface area contributed by atoms with Crippen molar-refractivity contribution in [3.05, 3.63) is 35.5 Å². The van der Waals surface area contributed by atoms with Crippen LogP contribution in [-0.2, 0) is 0 Å². The Kier molecular flexibility index (Phi) is 5.84. The molecule has 1 aromatic carbocycles. The Bertz CT molecular complexity index is 1160. The zero-order valence-electron chi connectivity index (χ0n) is 21.1. The Balaban J connectivity index is 1.25. The van der Waals surface area contributed by atoms with E-state index in [4.69, 9.17) is 9.47 Å². The topological polar surface area (TPSA) is 77.4 Å². The summed E-state index contributed by atoms with van der Waals surface area (Å²) in [4.78, 5) is 13.3. The predicted octanol–water partition coefficient (Wildman–Crippen LogP) is 5.51. The van der Waals surface area contributed by atoms with Gasteiger partial charge in [0.25, 0.3) is 5.91 Å². The molecule has 10 heteroatoms. The molecular weight excluding hydrogens is 485 g/mol. The zero-order valence-corrected chi connectivity index (χ0v) is 21.1. The minimum Gasteiger partial charge on any atom is -0.493 e. The zero-order chi connectivity index (χ0) is 25.9. The van der Waals surface area contributed by atoms with Gasteiger partial charge >= 0.3 is 6.18 Å². The van der Waals surface area contributed by atoms with E-state index in [-0.39, 0.29) is 29.1 Å². The lowest BCUT2D eigenvalue weighted by atomic mass is 9.49. The van der Waals surface area contributed by atoms with Crippen LogP contribution in [0.5, 0.6) is 11.5 Å². The Hall–Kier alpha value is -2.91. The standard InChI is InChI=1S/C27H33F3N4O3/c1-36-21-4-3-18(8-22(21)37-2)20-9-23(27(28,29)30)34-24(33-20)19(13-32-34)25(35)31-14-26-10-15-5-16(11-26)7-17(6-15)12-26/h3-4,8,13,15-17,20,23,33H,5-7,9-12,14H2,1-2H3,(H,31,35)/t15?,16?,17?,20-,23-,26?/m1/s1. The van der Waals surface area contributed by atoms with E-state index in [1.54, 1.807) is 18.2 Å². The van der Waals surface area contributed by atoms with Crippen molar-refractivity contribution < 1.29 is 27.4 Å². The van der Waals surface area contributed by atoms with Gasteiger partial charge in [0.15, 0.2) is 17.5 Å². The van der Waals surface area contributed by atoms with Gasteiger partial charge in [-0.2, -0.15) is 18.3 Å². The molecule has 5 aliphatic rings. The van der Waals surface area contributed by atoms with Crippen molar-refractivity contribution in [2.24, 2.45) is 23.2 Å². The number of nitrogens with one attached hydrogen (secondary N) is 2. The number of alkyl halides is 3. The first-order valence-electron chi connectivity index (χ1n) is 13.1. The molecule has 7 rings (SSSR count). The van der Waals surface area contributed by atoms with Crippen LogP contribution in [0.3, 0.4) is 0 Å². The Morgan fingerprint density at radius 3 is 2.32 bits per heavy atom. The van der Waals surface area contributed by atoms with Crippen molar-refractivity contribution in [1.82, 2.24) is 15.1 Å². The van der Waals surface area contributed by atoms with E-state index in [0.717, 1.165) is 41.7 Å². The van der Waals surface area contributed by atoms with Crippen LogP contribution in [0, 0.1) is 23.2 Å². The largest absolute Gasteiger partial charge is 0.493 e. The number of hydrogen-bond acceptors (Lipinski definition) is 5. The van der Waals surface area contributed by atoms with Crippen molar-refractivity contribution in [3.8, 4) is 11.5 Å². The van der Waals surface area contributed by atoms with Crippen LogP contribution in [0.15, 0.2) is 24.4 Å². The molecule has 2 N–H and O–H groups in total. The summed E-state index contributed by atoms with van der Waals surface area (Å²) in [7, 11) is 2.98. The van der Waals surface area contributed by atoms with Crippen LogP contribution < -0.4 is 20.1 Å². The van der Waals surface area contributed by atoms with E-state index >= 15 is 0 Å². The molecule has 4 saturated carbocycles. The lowest BCUT2D eigenvalue weighted by molar-refractivity contribution is -0.173. The van der Waals surface area contributed by atoms with Crippen molar-refractivity contribution >= 4 is 11.7 Å². The molecule has 1 aromatic heterocycles. The maximum absolute atomic E-state index is 14.1. The number of benzene rings is 1. The number of nitrogens with zero attached hydrogens (tertiary/aromatic N) is 2. The van der Waals surface area contributed by atoms with Crippen molar-refractivity contribution in [2.45, 2.75) is 63.2 Å². The summed E-state index contributed by atoms with van der Waals surface area (Å²) in [5.74, 6) is 2.90. The number of carbonyl (C=O) groups is 1. The summed E-state index contributed by atoms with van der Waals surface area (Å²) in [6.07, 6.45) is 3.82. The lowest BCUT2D eigenvalue weighted by Crippen LogP contribution is -2.51. The number of amides is 1. The molecule has 7 nitrogen and oxygen atoms in total. The molecule has 0 unspecified atom stereocenters. The molecule has 0 radical (unpaired) electrons. The fourth-order valence-electron chi connectivity index (χ4n) is 7.89. The van der Waals surface area contributed by atoms with Gasteiger partial charge in [0.2, 0.25) is 0 Å². The third kappa shape index (κ3) is 4.32. The van der Waals surface area contributed by atoms with Crippen molar-refractivity contribution in [2.75, 3.05) is 26.1 Å². The van der Waals surface area contributed by atoms with Gasteiger partial charge in [0, 0.05) is 13.0 Å². The van der Waals surface area contributed by atoms with E-state index in [1.807, 2.05) is 0 Å². The summed E-state index contributed by atoms with van der Waals surface area (Å²) in [6.45, 7) is 0.571. The van der Waals surface area contributed by atoms with Crippen LogP contribution in [0.1, 0.15) is 73.0 Å². The molecule has 4 fully saturated rings. The quantitative estimate of drug-likeness (QED) is 0.528. The van der Waals surface area contributed by atoms with E-state index in [2.05, 4.69) is 15.7 Å². The fourth-order valence-corrected chi connectivity index (χ4v) is 7.89. The Morgan fingerprint density at radius 2 is 1.73 bits per heavy atom. The number of fused-ring (bicyclic) bond motifs is 1. The first-order chi connectivity index (χ1) is 17.7. The van der Waals surface area contributed by atoms with E-state index in [1.165, 1.54) is 39.7 Å². The molecular formula is C27H33F3N4O3. The first-order valence-corrected chi connectivity index (χ1v) is 13.1. The molecule has 4 bridgehead atoms.